The molecule has 2 atom stereocenters. The molecule has 0 aromatic heterocycles. The van der Waals surface area contributed by atoms with E-state index in [2.05, 4.69) is 35.6 Å². The number of hydrogen-bond donors (Lipinski definition) is 3. The fraction of sp³-hybridized carbons (Fsp3) is 0.333. The summed E-state index contributed by atoms with van der Waals surface area (Å²) in [5.41, 5.74) is 4.11. The average molecular weight is 633 g/mol. The standard InChI is InChI=1S/C39H40N2O6/c1-2-29(37(45)46)32-18-16-27(31-14-9-12-25-10-3-5-13-30(25)31)22-28(32)23-39(20-7-8-21-39)38(47)40-33-19-17-26-11-4-6-15-34(26)41(36(33)44)24-35(42)43/h3-6,9-16,18,22,29,33H,2,7-8,17,19-21,23-24H2,1H3,(H,40,47)(H,42,43)(H,45,46)/t29-,33+/m1/s1. The van der Waals surface area contributed by atoms with Crippen LogP contribution in [0.15, 0.2) is 84.9 Å². The number of anilines is 1. The van der Waals surface area contributed by atoms with Gasteiger partial charge in [-0.1, -0.05) is 98.6 Å². The van der Waals surface area contributed by atoms with Crippen LogP contribution < -0.4 is 10.2 Å². The number of carbonyl (C=O) groups is 4. The van der Waals surface area contributed by atoms with Crippen LogP contribution in [-0.4, -0.2) is 46.6 Å². The third-order valence-corrected chi connectivity index (χ3v) is 10.0. The molecule has 8 heteroatoms. The van der Waals surface area contributed by atoms with Crippen LogP contribution in [0.25, 0.3) is 21.9 Å². The van der Waals surface area contributed by atoms with Gasteiger partial charge in [0.15, 0.2) is 0 Å². The van der Waals surface area contributed by atoms with Crippen LogP contribution in [0.1, 0.15) is 68.1 Å². The highest BCUT2D eigenvalue weighted by Gasteiger charge is 2.44. The van der Waals surface area contributed by atoms with Crippen molar-refractivity contribution in [2.45, 2.75) is 70.3 Å². The highest BCUT2D eigenvalue weighted by molar-refractivity contribution is 6.03. The van der Waals surface area contributed by atoms with Crippen LogP contribution in [0.4, 0.5) is 5.69 Å². The first-order valence-corrected chi connectivity index (χ1v) is 16.5. The second kappa shape index (κ2) is 13.4. The molecule has 4 aromatic rings. The number of benzene rings is 4. The minimum absolute atomic E-state index is 0.237. The van der Waals surface area contributed by atoms with E-state index in [9.17, 15) is 29.4 Å². The first-order valence-electron chi connectivity index (χ1n) is 16.5. The van der Waals surface area contributed by atoms with Gasteiger partial charge >= 0.3 is 11.9 Å². The second-order valence-electron chi connectivity index (χ2n) is 12.9. The number of amides is 2. The van der Waals surface area contributed by atoms with Gasteiger partial charge in [-0.05, 0) is 83.2 Å². The Bertz CT molecular complexity index is 1840. The van der Waals surface area contributed by atoms with E-state index in [1.54, 1.807) is 12.1 Å². The normalized spacial score (nSPS) is 17.9. The molecule has 2 amide bonds. The van der Waals surface area contributed by atoms with E-state index in [4.69, 9.17) is 0 Å². The highest BCUT2D eigenvalue weighted by Crippen LogP contribution is 2.44. The molecule has 1 heterocycles. The zero-order chi connectivity index (χ0) is 33.1. The van der Waals surface area contributed by atoms with Gasteiger partial charge in [-0.3, -0.25) is 24.1 Å². The summed E-state index contributed by atoms with van der Waals surface area (Å²) < 4.78 is 0. The number of carbonyl (C=O) groups excluding carboxylic acids is 2. The molecular weight excluding hydrogens is 592 g/mol. The van der Waals surface area contributed by atoms with Crippen molar-refractivity contribution >= 4 is 40.2 Å². The largest absolute Gasteiger partial charge is 0.481 e. The van der Waals surface area contributed by atoms with E-state index in [1.165, 1.54) is 4.90 Å². The van der Waals surface area contributed by atoms with Crippen LogP contribution in [0.2, 0.25) is 0 Å². The summed E-state index contributed by atoms with van der Waals surface area (Å²) in [5.74, 6) is -3.43. The van der Waals surface area contributed by atoms with Crippen LogP contribution in [0.5, 0.6) is 0 Å². The predicted molar refractivity (Wildman–Crippen MR) is 181 cm³/mol. The van der Waals surface area contributed by atoms with Crippen molar-refractivity contribution < 1.29 is 29.4 Å². The van der Waals surface area contributed by atoms with Gasteiger partial charge in [0.2, 0.25) is 11.8 Å². The van der Waals surface area contributed by atoms with Crippen LogP contribution in [0, 0.1) is 5.41 Å². The average Bonchev–Trinajstić information content (AvgIpc) is 3.51. The smallest absolute Gasteiger partial charge is 0.323 e. The highest BCUT2D eigenvalue weighted by atomic mass is 16.4. The maximum absolute atomic E-state index is 14.4. The minimum Gasteiger partial charge on any atom is -0.481 e. The molecule has 4 aromatic carbocycles. The molecule has 0 unspecified atom stereocenters. The predicted octanol–water partition coefficient (Wildman–Crippen LogP) is 6.74. The Morgan fingerprint density at radius 3 is 2.40 bits per heavy atom. The molecule has 6 rings (SSSR count). The lowest BCUT2D eigenvalue weighted by atomic mass is 9.75. The summed E-state index contributed by atoms with van der Waals surface area (Å²) in [6, 6.07) is 26.6. The number of carboxylic acid groups (broad SMARTS) is 2. The van der Waals surface area contributed by atoms with Crippen LogP contribution >= 0.6 is 0 Å². The van der Waals surface area contributed by atoms with Gasteiger partial charge in [0, 0.05) is 5.69 Å². The monoisotopic (exact) mass is 632 g/mol. The molecule has 8 nitrogen and oxygen atoms in total. The van der Waals surface area contributed by atoms with Gasteiger partial charge in [-0.15, -0.1) is 0 Å². The summed E-state index contributed by atoms with van der Waals surface area (Å²) in [6.07, 6.45) is 4.54. The Kier molecular flexibility index (Phi) is 9.12. The van der Waals surface area contributed by atoms with E-state index in [1.807, 2.05) is 49.4 Å². The Morgan fingerprint density at radius 1 is 0.936 bits per heavy atom. The lowest BCUT2D eigenvalue weighted by Crippen LogP contribution is -2.53. The van der Waals surface area contributed by atoms with Gasteiger partial charge in [-0.2, -0.15) is 0 Å². The summed E-state index contributed by atoms with van der Waals surface area (Å²) in [6.45, 7) is 1.36. The Labute approximate surface area is 274 Å². The maximum Gasteiger partial charge on any atom is 0.323 e. The van der Waals surface area contributed by atoms with Gasteiger partial charge in [-0.25, -0.2) is 0 Å². The van der Waals surface area contributed by atoms with Crippen molar-refractivity contribution in [2.24, 2.45) is 5.41 Å². The number of para-hydroxylation sites is 1. The number of rotatable bonds is 10. The van der Waals surface area contributed by atoms with Gasteiger partial charge < -0.3 is 15.5 Å². The first-order chi connectivity index (χ1) is 22.7. The fourth-order valence-electron chi connectivity index (χ4n) is 7.63. The molecule has 0 bridgehead atoms. The molecule has 242 valence electrons. The van der Waals surface area contributed by atoms with E-state index < -0.39 is 41.8 Å². The van der Waals surface area contributed by atoms with Crippen molar-refractivity contribution in [1.82, 2.24) is 5.32 Å². The molecule has 2 aliphatic rings. The van der Waals surface area contributed by atoms with Crippen molar-refractivity contribution in [3.63, 3.8) is 0 Å². The van der Waals surface area contributed by atoms with E-state index in [0.717, 1.165) is 45.9 Å². The third kappa shape index (κ3) is 6.37. The molecule has 1 saturated carbocycles. The molecule has 1 aliphatic carbocycles. The second-order valence-corrected chi connectivity index (χ2v) is 12.9. The van der Waals surface area contributed by atoms with Crippen molar-refractivity contribution in [1.29, 1.82) is 0 Å². The van der Waals surface area contributed by atoms with Crippen LogP contribution in [0.3, 0.4) is 0 Å². The van der Waals surface area contributed by atoms with Gasteiger partial charge in [0.05, 0.1) is 11.3 Å². The maximum atomic E-state index is 14.4. The summed E-state index contributed by atoms with van der Waals surface area (Å²) in [7, 11) is 0. The SMILES string of the molecule is CC[C@@H](C(=O)O)c1ccc(-c2cccc3ccccc23)cc1CC1(C(=O)N[C@H]2CCc3ccccc3N(CC(=O)O)C2=O)CCCC1. The molecule has 47 heavy (non-hydrogen) atoms. The first kappa shape index (κ1) is 32.0. The van der Waals surface area contributed by atoms with Crippen molar-refractivity contribution in [2.75, 3.05) is 11.4 Å². The number of fused-ring (bicyclic) bond motifs is 2. The number of aryl methyl sites for hydroxylation is 1. The number of aliphatic carboxylic acids is 2. The van der Waals surface area contributed by atoms with Gasteiger partial charge in [0.25, 0.3) is 0 Å². The van der Waals surface area contributed by atoms with E-state index in [0.29, 0.717) is 49.8 Å². The lowest BCUT2D eigenvalue weighted by molar-refractivity contribution is -0.139. The quantitative estimate of drug-likeness (QED) is 0.178. The topological polar surface area (TPSA) is 124 Å². The number of nitrogens with one attached hydrogen (secondary N) is 1. The number of hydrogen-bond acceptors (Lipinski definition) is 4. The zero-order valence-corrected chi connectivity index (χ0v) is 26.6. The molecule has 3 N–H and O–H groups in total. The number of nitrogens with zero attached hydrogens (tertiary/aromatic N) is 1. The summed E-state index contributed by atoms with van der Waals surface area (Å²) in [4.78, 5) is 53.7. The fourth-order valence-corrected chi connectivity index (χ4v) is 7.63. The summed E-state index contributed by atoms with van der Waals surface area (Å²) >= 11 is 0. The lowest BCUT2D eigenvalue weighted by Gasteiger charge is -2.32. The molecular formula is C39H40N2O6. The van der Waals surface area contributed by atoms with E-state index in [-0.39, 0.29) is 5.91 Å². The molecule has 0 saturated heterocycles. The zero-order valence-electron chi connectivity index (χ0n) is 26.6. The Hall–Kier alpha value is -4.98. The third-order valence-electron chi connectivity index (χ3n) is 10.0. The van der Waals surface area contributed by atoms with Crippen molar-refractivity contribution in [3.8, 4) is 11.1 Å². The molecule has 1 fully saturated rings. The Morgan fingerprint density at radius 2 is 1.66 bits per heavy atom. The Balaban J connectivity index is 1.36. The van der Waals surface area contributed by atoms with Crippen LogP contribution in [-0.2, 0) is 32.0 Å². The molecule has 0 radical (unpaired) electrons. The molecule has 0 spiro atoms. The van der Waals surface area contributed by atoms with Crippen molar-refractivity contribution in [3.05, 3.63) is 102 Å². The molecule has 1 aliphatic heterocycles. The van der Waals surface area contributed by atoms with Gasteiger partial charge in [0.1, 0.15) is 12.6 Å². The minimum atomic E-state index is -1.13. The number of carboxylic acids is 2. The van der Waals surface area contributed by atoms with E-state index >= 15 is 0 Å². The summed E-state index contributed by atoms with van der Waals surface area (Å²) in [5, 5.41) is 25.1.